The first kappa shape index (κ1) is 23.0. The van der Waals surface area contributed by atoms with E-state index in [2.05, 4.69) is 52.4 Å². The van der Waals surface area contributed by atoms with Gasteiger partial charge in [0, 0.05) is 38.7 Å². The first-order valence-electron chi connectivity index (χ1n) is 11.6. The van der Waals surface area contributed by atoms with Crippen LogP contribution in [0.25, 0.3) is 0 Å². The molecule has 1 saturated heterocycles. The fourth-order valence-corrected chi connectivity index (χ4v) is 4.57. The van der Waals surface area contributed by atoms with Crippen molar-refractivity contribution >= 4 is 5.91 Å². The summed E-state index contributed by atoms with van der Waals surface area (Å²) in [5.41, 5.74) is 3.03. The molecule has 4 rings (SSSR count). The minimum atomic E-state index is -0.106. The van der Waals surface area contributed by atoms with Gasteiger partial charge >= 0.3 is 0 Å². The number of piperidine rings is 1. The van der Waals surface area contributed by atoms with Gasteiger partial charge in [-0.2, -0.15) is 4.98 Å². The molecule has 1 aliphatic rings. The Morgan fingerprint density at radius 3 is 2.45 bits per heavy atom. The number of nitrogens with zero attached hydrogens (tertiary/aromatic N) is 3. The van der Waals surface area contributed by atoms with Crippen LogP contribution in [-0.4, -0.2) is 34.0 Å². The third-order valence-corrected chi connectivity index (χ3v) is 5.95. The maximum atomic E-state index is 12.7. The van der Waals surface area contributed by atoms with Gasteiger partial charge in [0.15, 0.2) is 6.61 Å². The standard InChI is InChI=1S/C26H32N4O3/c1-18-12-19(2)15-30(14-18)16-23-7-5-4-6-22(23)13-27-26(31)21-8-10-24(11-9-21)32-17-25-28-20(3)33-29-25/h4-11,18-19H,12-17H2,1-3H3,(H,27,31). The highest BCUT2D eigenvalue weighted by molar-refractivity contribution is 5.94. The van der Waals surface area contributed by atoms with E-state index in [9.17, 15) is 4.79 Å². The lowest BCUT2D eigenvalue weighted by molar-refractivity contribution is 0.0950. The number of carbonyl (C=O) groups excluding carboxylic acids is 1. The zero-order chi connectivity index (χ0) is 23.2. The molecule has 3 aromatic rings. The minimum absolute atomic E-state index is 0.106. The van der Waals surface area contributed by atoms with Crippen molar-refractivity contribution in [3.05, 3.63) is 76.9 Å². The topological polar surface area (TPSA) is 80.5 Å². The number of amides is 1. The first-order valence-corrected chi connectivity index (χ1v) is 11.6. The van der Waals surface area contributed by atoms with Crippen molar-refractivity contribution in [3.8, 4) is 5.75 Å². The summed E-state index contributed by atoms with van der Waals surface area (Å²) in [7, 11) is 0. The lowest BCUT2D eigenvalue weighted by Crippen LogP contribution is -2.38. The molecule has 1 amide bonds. The van der Waals surface area contributed by atoms with E-state index in [1.165, 1.54) is 12.0 Å². The number of likely N-dealkylation sites (tertiary alicyclic amines) is 1. The smallest absolute Gasteiger partial charge is 0.251 e. The quantitative estimate of drug-likeness (QED) is 0.551. The van der Waals surface area contributed by atoms with Crippen LogP contribution in [-0.2, 0) is 19.7 Å². The van der Waals surface area contributed by atoms with Crippen LogP contribution in [0.1, 0.15) is 53.5 Å². The first-order chi connectivity index (χ1) is 16.0. The zero-order valence-corrected chi connectivity index (χ0v) is 19.6. The Morgan fingerprint density at radius 2 is 1.79 bits per heavy atom. The van der Waals surface area contributed by atoms with E-state index in [1.54, 1.807) is 31.2 Å². The highest BCUT2D eigenvalue weighted by Crippen LogP contribution is 2.23. The van der Waals surface area contributed by atoms with Gasteiger partial charge in [0.1, 0.15) is 5.75 Å². The Morgan fingerprint density at radius 1 is 1.09 bits per heavy atom. The van der Waals surface area contributed by atoms with Crippen molar-refractivity contribution in [3.63, 3.8) is 0 Å². The molecule has 7 nitrogen and oxygen atoms in total. The van der Waals surface area contributed by atoms with E-state index >= 15 is 0 Å². The van der Waals surface area contributed by atoms with Crippen molar-refractivity contribution in [2.45, 2.75) is 46.9 Å². The monoisotopic (exact) mass is 448 g/mol. The summed E-state index contributed by atoms with van der Waals surface area (Å²) in [6.45, 7) is 10.3. The van der Waals surface area contributed by atoms with Crippen molar-refractivity contribution in [1.29, 1.82) is 0 Å². The summed E-state index contributed by atoms with van der Waals surface area (Å²) in [6, 6.07) is 15.4. The fourth-order valence-electron chi connectivity index (χ4n) is 4.57. The summed E-state index contributed by atoms with van der Waals surface area (Å²) in [6.07, 6.45) is 1.30. The van der Waals surface area contributed by atoms with Crippen LogP contribution >= 0.6 is 0 Å². The van der Waals surface area contributed by atoms with Crippen LogP contribution < -0.4 is 10.1 Å². The number of rotatable bonds is 8. The van der Waals surface area contributed by atoms with E-state index in [1.807, 2.05) is 6.07 Å². The van der Waals surface area contributed by atoms with Crippen LogP contribution in [0.3, 0.4) is 0 Å². The molecule has 2 heterocycles. The van der Waals surface area contributed by atoms with Crippen molar-refractivity contribution < 1.29 is 14.1 Å². The number of hydrogen-bond acceptors (Lipinski definition) is 6. The summed E-state index contributed by atoms with van der Waals surface area (Å²) < 4.78 is 10.6. The molecule has 1 aliphatic heterocycles. The molecule has 0 spiro atoms. The Kier molecular flexibility index (Phi) is 7.40. The van der Waals surface area contributed by atoms with Gasteiger partial charge in [0.2, 0.25) is 11.7 Å². The van der Waals surface area contributed by atoms with Gasteiger partial charge < -0.3 is 14.6 Å². The number of benzene rings is 2. The van der Waals surface area contributed by atoms with Gasteiger partial charge in [-0.1, -0.05) is 43.3 Å². The highest BCUT2D eigenvalue weighted by atomic mass is 16.5. The highest BCUT2D eigenvalue weighted by Gasteiger charge is 2.22. The molecule has 2 unspecified atom stereocenters. The molecule has 0 radical (unpaired) electrons. The molecule has 0 aliphatic carbocycles. The second-order valence-corrected chi connectivity index (χ2v) is 9.13. The Balaban J connectivity index is 1.31. The molecule has 2 aromatic carbocycles. The number of ether oxygens (including phenoxy) is 1. The van der Waals surface area contributed by atoms with E-state index < -0.39 is 0 Å². The largest absolute Gasteiger partial charge is 0.485 e. The van der Waals surface area contributed by atoms with Crippen LogP contribution in [0.2, 0.25) is 0 Å². The normalized spacial score (nSPS) is 18.8. The summed E-state index contributed by atoms with van der Waals surface area (Å²) in [5.74, 6) is 2.98. The second kappa shape index (κ2) is 10.6. The molecule has 1 aromatic heterocycles. The predicted molar refractivity (Wildman–Crippen MR) is 126 cm³/mol. The van der Waals surface area contributed by atoms with Crippen molar-refractivity contribution in [2.24, 2.45) is 11.8 Å². The average Bonchev–Trinajstić information content (AvgIpc) is 3.21. The lowest BCUT2D eigenvalue weighted by atomic mass is 9.91. The van der Waals surface area contributed by atoms with E-state index in [0.29, 0.717) is 29.6 Å². The molecule has 0 bridgehead atoms. The predicted octanol–water partition coefficient (Wildman–Crippen LogP) is 4.36. The van der Waals surface area contributed by atoms with Crippen molar-refractivity contribution in [2.75, 3.05) is 13.1 Å². The van der Waals surface area contributed by atoms with Gasteiger partial charge in [-0.25, -0.2) is 0 Å². The lowest BCUT2D eigenvalue weighted by Gasteiger charge is -2.35. The van der Waals surface area contributed by atoms with E-state index in [4.69, 9.17) is 9.26 Å². The molecule has 174 valence electrons. The summed E-state index contributed by atoms with van der Waals surface area (Å²) >= 11 is 0. The molecule has 2 atom stereocenters. The van der Waals surface area contributed by atoms with Crippen LogP contribution in [0, 0.1) is 18.8 Å². The molecular weight excluding hydrogens is 416 g/mol. The number of carbonyl (C=O) groups is 1. The fraction of sp³-hybridized carbons (Fsp3) is 0.423. The molecule has 33 heavy (non-hydrogen) atoms. The maximum absolute atomic E-state index is 12.7. The summed E-state index contributed by atoms with van der Waals surface area (Å²) in [5, 5.41) is 6.86. The Bertz CT molecular complexity index is 1050. The van der Waals surface area contributed by atoms with E-state index in [0.717, 1.165) is 37.0 Å². The van der Waals surface area contributed by atoms with Gasteiger partial charge in [-0.15, -0.1) is 0 Å². The minimum Gasteiger partial charge on any atom is -0.485 e. The Hall–Kier alpha value is -3.19. The number of nitrogens with one attached hydrogen (secondary N) is 1. The van der Waals surface area contributed by atoms with Crippen LogP contribution in [0.15, 0.2) is 53.1 Å². The van der Waals surface area contributed by atoms with Crippen LogP contribution in [0.4, 0.5) is 0 Å². The molecule has 1 fully saturated rings. The summed E-state index contributed by atoms with van der Waals surface area (Å²) in [4.78, 5) is 19.3. The molecule has 1 N–H and O–H groups in total. The van der Waals surface area contributed by atoms with Crippen molar-refractivity contribution in [1.82, 2.24) is 20.4 Å². The third kappa shape index (κ3) is 6.42. The average molecular weight is 449 g/mol. The molecule has 7 heteroatoms. The van der Waals surface area contributed by atoms with E-state index in [-0.39, 0.29) is 12.5 Å². The zero-order valence-electron chi connectivity index (χ0n) is 19.6. The third-order valence-electron chi connectivity index (χ3n) is 5.95. The van der Waals surface area contributed by atoms with Crippen LogP contribution in [0.5, 0.6) is 5.75 Å². The van der Waals surface area contributed by atoms with Gasteiger partial charge in [0.25, 0.3) is 5.91 Å². The SMILES string of the molecule is Cc1nc(COc2ccc(C(=O)NCc3ccccc3CN3CC(C)CC(C)C3)cc2)no1. The maximum Gasteiger partial charge on any atom is 0.251 e. The van der Waals surface area contributed by atoms with Gasteiger partial charge in [-0.3, -0.25) is 9.69 Å². The number of hydrogen-bond donors (Lipinski definition) is 1. The molecular formula is C26H32N4O3. The van der Waals surface area contributed by atoms with Gasteiger partial charge in [0.05, 0.1) is 0 Å². The second-order valence-electron chi connectivity index (χ2n) is 9.13. The number of aryl methyl sites for hydroxylation is 1. The molecule has 0 saturated carbocycles. The van der Waals surface area contributed by atoms with Gasteiger partial charge in [-0.05, 0) is 53.6 Å². The number of aromatic nitrogens is 2. The Labute approximate surface area is 195 Å².